The molecule has 0 atom stereocenters. The Bertz CT molecular complexity index is 411. The van der Waals surface area contributed by atoms with E-state index < -0.39 is 0 Å². The Morgan fingerprint density at radius 2 is 1.67 bits per heavy atom. The largest absolute Gasteiger partial charge is 0.299 e. The minimum Gasteiger partial charge on any atom is -0.299 e. The number of hydrogen-bond acceptors (Lipinski definition) is 1. The van der Waals surface area contributed by atoms with Crippen molar-refractivity contribution in [1.82, 2.24) is 0 Å². The van der Waals surface area contributed by atoms with E-state index in [-0.39, 0.29) is 18.0 Å². The second-order valence-corrected chi connectivity index (χ2v) is 6.05. The van der Waals surface area contributed by atoms with Crippen LogP contribution in [0.1, 0.15) is 70.3 Å². The fourth-order valence-corrected chi connectivity index (χ4v) is 2.67. The molecule has 0 aromatic heterocycles. The zero-order chi connectivity index (χ0) is 15.5. The number of ketones is 1. The SMILES string of the molecule is CCCCCCCCCCC(=O)Cc1c(F)cccc1Cl. The summed E-state index contributed by atoms with van der Waals surface area (Å²) in [7, 11) is 0. The van der Waals surface area contributed by atoms with Crippen LogP contribution >= 0.6 is 11.6 Å². The van der Waals surface area contributed by atoms with Crippen molar-refractivity contribution in [2.75, 3.05) is 0 Å². The summed E-state index contributed by atoms with van der Waals surface area (Å²) in [5.74, 6) is -0.306. The molecule has 1 nitrogen and oxygen atoms in total. The second-order valence-electron chi connectivity index (χ2n) is 5.64. The Balaban J connectivity index is 2.14. The monoisotopic (exact) mass is 312 g/mol. The van der Waals surface area contributed by atoms with E-state index in [1.165, 1.54) is 44.6 Å². The minimum absolute atomic E-state index is 0.0768. The Morgan fingerprint density at radius 3 is 2.29 bits per heavy atom. The van der Waals surface area contributed by atoms with Crippen LogP contribution in [0, 0.1) is 5.82 Å². The number of unbranched alkanes of at least 4 members (excludes halogenated alkanes) is 7. The topological polar surface area (TPSA) is 17.1 Å². The molecule has 1 rings (SSSR count). The van der Waals surface area contributed by atoms with Gasteiger partial charge < -0.3 is 0 Å². The number of halogens is 2. The normalized spacial score (nSPS) is 10.8. The molecule has 0 radical (unpaired) electrons. The number of rotatable bonds is 11. The van der Waals surface area contributed by atoms with Crippen LogP contribution in [0.25, 0.3) is 0 Å². The fraction of sp³-hybridized carbons (Fsp3) is 0.611. The van der Waals surface area contributed by atoms with E-state index in [2.05, 4.69) is 6.92 Å². The first-order chi connectivity index (χ1) is 10.1. The molecule has 0 saturated heterocycles. The van der Waals surface area contributed by atoms with Crippen molar-refractivity contribution in [3.05, 3.63) is 34.6 Å². The van der Waals surface area contributed by atoms with E-state index in [4.69, 9.17) is 11.6 Å². The Morgan fingerprint density at radius 1 is 1.05 bits per heavy atom. The Labute approximate surface area is 132 Å². The summed E-state index contributed by atoms with van der Waals surface area (Å²) < 4.78 is 13.6. The molecule has 118 valence electrons. The van der Waals surface area contributed by atoms with Crippen molar-refractivity contribution in [2.45, 2.75) is 71.1 Å². The quantitative estimate of drug-likeness (QED) is 0.450. The average molecular weight is 313 g/mol. The summed E-state index contributed by atoms with van der Waals surface area (Å²) >= 11 is 5.93. The van der Waals surface area contributed by atoms with Crippen molar-refractivity contribution < 1.29 is 9.18 Å². The van der Waals surface area contributed by atoms with Crippen LogP contribution < -0.4 is 0 Å². The third kappa shape index (κ3) is 7.61. The molecule has 21 heavy (non-hydrogen) atoms. The minimum atomic E-state index is -0.383. The van der Waals surface area contributed by atoms with Gasteiger partial charge in [-0.3, -0.25) is 4.79 Å². The van der Waals surface area contributed by atoms with Crippen LogP contribution in [0.5, 0.6) is 0 Å². The lowest BCUT2D eigenvalue weighted by Gasteiger charge is -2.05. The maximum atomic E-state index is 13.6. The molecular formula is C18H26ClFO. The summed E-state index contributed by atoms with van der Waals surface area (Å²) in [4.78, 5) is 11.9. The molecule has 0 fully saturated rings. The lowest BCUT2D eigenvalue weighted by molar-refractivity contribution is -0.118. The summed E-state index contributed by atoms with van der Waals surface area (Å²) in [6.45, 7) is 2.22. The van der Waals surface area contributed by atoms with Gasteiger partial charge in [0.15, 0.2) is 0 Å². The van der Waals surface area contributed by atoms with Crippen LogP contribution in [0.4, 0.5) is 4.39 Å². The maximum absolute atomic E-state index is 13.6. The fourth-order valence-electron chi connectivity index (χ4n) is 2.44. The first kappa shape index (κ1) is 18.2. The highest BCUT2D eigenvalue weighted by Gasteiger charge is 2.11. The molecule has 0 bridgehead atoms. The summed E-state index contributed by atoms with van der Waals surface area (Å²) in [5.41, 5.74) is 0.337. The molecule has 0 heterocycles. The van der Waals surface area contributed by atoms with E-state index in [0.717, 1.165) is 12.8 Å². The number of benzene rings is 1. The summed E-state index contributed by atoms with van der Waals surface area (Å²) in [6.07, 6.45) is 10.3. The highest BCUT2D eigenvalue weighted by Crippen LogP contribution is 2.20. The Kier molecular flexibility index (Phi) is 9.32. The molecule has 0 amide bonds. The molecule has 1 aromatic carbocycles. The van der Waals surface area contributed by atoms with Gasteiger partial charge in [0.05, 0.1) is 0 Å². The Hall–Kier alpha value is -0.890. The van der Waals surface area contributed by atoms with Crippen molar-refractivity contribution >= 4 is 17.4 Å². The molecule has 0 unspecified atom stereocenters. The molecule has 0 N–H and O–H groups in total. The van der Waals surface area contributed by atoms with Gasteiger partial charge in [-0.05, 0) is 18.6 Å². The number of hydrogen-bond donors (Lipinski definition) is 0. The summed E-state index contributed by atoms with van der Waals surface area (Å²) in [5, 5.41) is 0.347. The standard InChI is InChI=1S/C18H26ClFO/c1-2-3-4-5-6-7-8-9-11-15(21)14-16-17(19)12-10-13-18(16)20/h10,12-13H,2-9,11,14H2,1H3. The second kappa shape index (κ2) is 10.8. The molecule has 0 spiro atoms. The van der Waals surface area contributed by atoms with Crippen LogP contribution in [0.15, 0.2) is 18.2 Å². The van der Waals surface area contributed by atoms with E-state index in [1.807, 2.05) is 0 Å². The van der Waals surface area contributed by atoms with Gasteiger partial charge in [0.1, 0.15) is 11.6 Å². The van der Waals surface area contributed by atoms with E-state index >= 15 is 0 Å². The molecule has 3 heteroatoms. The average Bonchev–Trinajstić information content (AvgIpc) is 2.46. The first-order valence-corrected chi connectivity index (χ1v) is 8.47. The van der Waals surface area contributed by atoms with Gasteiger partial charge in [-0.1, -0.05) is 69.5 Å². The molecule has 0 aliphatic carbocycles. The highest BCUT2D eigenvalue weighted by molar-refractivity contribution is 6.31. The van der Waals surface area contributed by atoms with Crippen LogP contribution in [-0.4, -0.2) is 5.78 Å². The van der Waals surface area contributed by atoms with Crippen molar-refractivity contribution in [3.8, 4) is 0 Å². The van der Waals surface area contributed by atoms with Crippen LogP contribution in [-0.2, 0) is 11.2 Å². The lowest BCUT2D eigenvalue weighted by Crippen LogP contribution is -2.05. The maximum Gasteiger partial charge on any atom is 0.137 e. The number of carbonyl (C=O) groups is 1. The molecule has 1 aromatic rings. The van der Waals surface area contributed by atoms with E-state index in [0.29, 0.717) is 17.0 Å². The third-order valence-corrected chi connectivity index (χ3v) is 4.10. The molecule has 0 aliphatic rings. The van der Waals surface area contributed by atoms with E-state index in [1.54, 1.807) is 12.1 Å². The van der Waals surface area contributed by atoms with Gasteiger partial charge in [0, 0.05) is 23.4 Å². The van der Waals surface area contributed by atoms with Crippen molar-refractivity contribution in [3.63, 3.8) is 0 Å². The number of carbonyl (C=O) groups excluding carboxylic acids is 1. The van der Waals surface area contributed by atoms with Crippen molar-refractivity contribution in [2.24, 2.45) is 0 Å². The highest BCUT2D eigenvalue weighted by atomic mass is 35.5. The molecule has 0 aliphatic heterocycles. The first-order valence-electron chi connectivity index (χ1n) is 8.09. The predicted octanol–water partition coefficient (Wildman–Crippen LogP) is 6.12. The van der Waals surface area contributed by atoms with Gasteiger partial charge in [-0.25, -0.2) is 4.39 Å². The van der Waals surface area contributed by atoms with Gasteiger partial charge in [-0.2, -0.15) is 0 Å². The summed E-state index contributed by atoms with van der Waals surface area (Å²) in [6, 6.07) is 4.54. The predicted molar refractivity (Wildman–Crippen MR) is 87.3 cm³/mol. The van der Waals surface area contributed by atoms with Crippen LogP contribution in [0.3, 0.4) is 0 Å². The van der Waals surface area contributed by atoms with Gasteiger partial charge in [-0.15, -0.1) is 0 Å². The van der Waals surface area contributed by atoms with Gasteiger partial charge >= 0.3 is 0 Å². The molecular weight excluding hydrogens is 287 g/mol. The number of Topliss-reactive ketones (excluding diaryl/α,β-unsaturated/α-hetero) is 1. The van der Waals surface area contributed by atoms with Gasteiger partial charge in [0.2, 0.25) is 0 Å². The zero-order valence-electron chi connectivity index (χ0n) is 13.0. The van der Waals surface area contributed by atoms with Gasteiger partial charge in [0.25, 0.3) is 0 Å². The van der Waals surface area contributed by atoms with Crippen molar-refractivity contribution in [1.29, 1.82) is 0 Å². The lowest BCUT2D eigenvalue weighted by atomic mass is 10.0. The third-order valence-electron chi connectivity index (χ3n) is 3.74. The van der Waals surface area contributed by atoms with Crippen LogP contribution in [0.2, 0.25) is 5.02 Å². The smallest absolute Gasteiger partial charge is 0.137 e. The molecule has 0 saturated carbocycles. The zero-order valence-corrected chi connectivity index (χ0v) is 13.7. The van der Waals surface area contributed by atoms with E-state index in [9.17, 15) is 9.18 Å².